The molecule has 0 saturated heterocycles. The smallest absolute Gasteiger partial charge is 0.393 e. The van der Waals surface area contributed by atoms with Gasteiger partial charge in [0.15, 0.2) is 5.78 Å². The maximum atomic E-state index is 12.6. The van der Waals surface area contributed by atoms with Crippen molar-refractivity contribution in [2.75, 3.05) is 6.61 Å². The number of fused-ring (bicyclic) bond motifs is 1. The molecule has 26 heavy (non-hydrogen) atoms. The molecule has 3 rings (SSSR count). The van der Waals surface area contributed by atoms with Crippen molar-refractivity contribution in [1.82, 2.24) is 0 Å². The molecule has 0 aromatic heterocycles. The van der Waals surface area contributed by atoms with Crippen LogP contribution in [0.3, 0.4) is 0 Å². The summed E-state index contributed by atoms with van der Waals surface area (Å²) in [7, 11) is 0. The van der Waals surface area contributed by atoms with Crippen molar-refractivity contribution >= 4 is 5.78 Å². The van der Waals surface area contributed by atoms with Gasteiger partial charge in [-0.05, 0) is 31.6 Å². The third-order valence-electron chi connectivity index (χ3n) is 6.35. The molecule has 0 heterocycles. The number of rotatable bonds is 5. The first-order valence-electron chi connectivity index (χ1n) is 9.51. The van der Waals surface area contributed by atoms with Gasteiger partial charge in [-0.2, -0.15) is 13.2 Å². The fourth-order valence-electron chi connectivity index (χ4n) is 4.82. The standard InChI is InChI=1S/C19H27F3O4/c20-19(21,22)11-26-18-9-8-16(24)13(14(18)10-17(18)25)6-7-15(23)12-4-2-1-3-5-12/h6-7,12-16,23-24H,1-5,8-11H2/b7-6+/t13-,14-,15-,16-,18-/m0/s1. The molecule has 4 nitrogen and oxygen atoms in total. The second-order valence-electron chi connectivity index (χ2n) is 7.98. The van der Waals surface area contributed by atoms with E-state index >= 15 is 0 Å². The van der Waals surface area contributed by atoms with Gasteiger partial charge in [0, 0.05) is 18.3 Å². The average Bonchev–Trinajstić information content (AvgIpc) is 2.60. The zero-order valence-electron chi connectivity index (χ0n) is 14.8. The Morgan fingerprint density at radius 3 is 2.54 bits per heavy atom. The van der Waals surface area contributed by atoms with Crippen LogP contribution in [0.1, 0.15) is 51.4 Å². The molecule has 0 amide bonds. The largest absolute Gasteiger partial charge is 0.411 e. The Bertz CT molecular complexity index is 541. The van der Waals surface area contributed by atoms with Crippen LogP contribution in [0.5, 0.6) is 0 Å². The van der Waals surface area contributed by atoms with E-state index in [-0.39, 0.29) is 31.0 Å². The average molecular weight is 376 g/mol. The summed E-state index contributed by atoms with van der Waals surface area (Å²) in [5.41, 5.74) is -1.43. The first kappa shape index (κ1) is 19.8. The second-order valence-corrected chi connectivity index (χ2v) is 7.98. The van der Waals surface area contributed by atoms with Gasteiger partial charge in [0.25, 0.3) is 0 Å². The highest BCUT2D eigenvalue weighted by atomic mass is 19.4. The molecule has 0 bridgehead atoms. The highest BCUT2D eigenvalue weighted by Gasteiger charge is 2.62. The fourth-order valence-corrected chi connectivity index (χ4v) is 4.82. The van der Waals surface area contributed by atoms with E-state index < -0.39 is 42.4 Å². The number of ketones is 1. The van der Waals surface area contributed by atoms with Crippen LogP contribution in [0.25, 0.3) is 0 Å². The van der Waals surface area contributed by atoms with Gasteiger partial charge in [0.05, 0.1) is 12.2 Å². The van der Waals surface area contributed by atoms with Gasteiger partial charge in [-0.25, -0.2) is 0 Å². The number of Topliss-reactive ketones (excluding diaryl/α,β-unsaturated/α-hetero) is 1. The zero-order chi connectivity index (χ0) is 18.9. The summed E-state index contributed by atoms with van der Waals surface area (Å²) in [5, 5.41) is 20.7. The number of carbonyl (C=O) groups is 1. The van der Waals surface area contributed by atoms with Gasteiger partial charge in [-0.15, -0.1) is 0 Å². The van der Waals surface area contributed by atoms with Crippen molar-refractivity contribution < 1.29 is 32.9 Å². The van der Waals surface area contributed by atoms with E-state index in [0.717, 1.165) is 25.7 Å². The van der Waals surface area contributed by atoms with Crippen molar-refractivity contribution in [2.45, 2.75) is 75.4 Å². The van der Waals surface area contributed by atoms with Crippen LogP contribution in [-0.4, -0.2) is 46.6 Å². The molecule has 3 aliphatic carbocycles. The Hall–Kier alpha value is -0.920. The van der Waals surface area contributed by atoms with E-state index in [1.165, 1.54) is 6.42 Å². The van der Waals surface area contributed by atoms with Crippen LogP contribution in [0.2, 0.25) is 0 Å². The molecule has 3 saturated carbocycles. The van der Waals surface area contributed by atoms with E-state index in [2.05, 4.69) is 0 Å². The summed E-state index contributed by atoms with van der Waals surface area (Å²) < 4.78 is 42.7. The molecule has 148 valence electrons. The molecule has 0 aliphatic heterocycles. The minimum atomic E-state index is -4.49. The third-order valence-corrected chi connectivity index (χ3v) is 6.35. The molecule has 0 aromatic carbocycles. The third kappa shape index (κ3) is 3.99. The van der Waals surface area contributed by atoms with Crippen LogP contribution >= 0.6 is 0 Å². The first-order chi connectivity index (χ1) is 12.2. The molecule has 3 fully saturated rings. The van der Waals surface area contributed by atoms with Crippen LogP contribution in [0.4, 0.5) is 13.2 Å². The van der Waals surface area contributed by atoms with Crippen LogP contribution in [0, 0.1) is 17.8 Å². The summed E-state index contributed by atoms with van der Waals surface area (Å²) in [6.45, 7) is -1.45. The lowest BCUT2D eigenvalue weighted by Crippen LogP contribution is -2.65. The molecule has 0 spiro atoms. The fraction of sp³-hybridized carbons (Fsp3) is 0.842. The van der Waals surface area contributed by atoms with E-state index in [4.69, 9.17) is 4.74 Å². The van der Waals surface area contributed by atoms with E-state index in [0.29, 0.717) is 0 Å². The quantitative estimate of drug-likeness (QED) is 0.724. The number of hydrogen-bond acceptors (Lipinski definition) is 4. The summed E-state index contributed by atoms with van der Waals surface area (Å²) >= 11 is 0. The highest BCUT2D eigenvalue weighted by molar-refractivity contribution is 5.94. The molecule has 2 N–H and O–H groups in total. The van der Waals surface area contributed by atoms with Gasteiger partial charge in [-0.3, -0.25) is 4.79 Å². The van der Waals surface area contributed by atoms with Crippen LogP contribution in [0.15, 0.2) is 12.2 Å². The lowest BCUT2D eigenvalue weighted by molar-refractivity contribution is -0.243. The second kappa shape index (κ2) is 7.60. The minimum Gasteiger partial charge on any atom is -0.393 e. The molecule has 3 aliphatic rings. The number of aliphatic hydroxyl groups excluding tert-OH is 2. The lowest BCUT2D eigenvalue weighted by Gasteiger charge is -2.54. The number of hydrogen-bond donors (Lipinski definition) is 2. The molecule has 0 unspecified atom stereocenters. The number of carbonyl (C=O) groups excluding carboxylic acids is 1. The maximum absolute atomic E-state index is 12.6. The molecule has 0 radical (unpaired) electrons. The van der Waals surface area contributed by atoms with E-state index in [9.17, 15) is 28.2 Å². The van der Waals surface area contributed by atoms with E-state index in [1.54, 1.807) is 12.2 Å². The number of alkyl halides is 3. The predicted molar refractivity (Wildman–Crippen MR) is 88.3 cm³/mol. The Morgan fingerprint density at radius 1 is 1.23 bits per heavy atom. The predicted octanol–water partition coefficient (Wildman–Crippen LogP) is 3.16. The monoisotopic (exact) mass is 376 g/mol. The Kier molecular flexibility index (Phi) is 5.80. The lowest BCUT2D eigenvalue weighted by atomic mass is 9.55. The zero-order valence-corrected chi connectivity index (χ0v) is 14.8. The van der Waals surface area contributed by atoms with Crippen LogP contribution in [-0.2, 0) is 9.53 Å². The first-order valence-corrected chi connectivity index (χ1v) is 9.51. The topological polar surface area (TPSA) is 66.8 Å². The number of aliphatic hydroxyl groups is 2. The number of ether oxygens (including phenoxy) is 1. The Labute approximate surface area is 151 Å². The van der Waals surface area contributed by atoms with Crippen molar-refractivity contribution in [2.24, 2.45) is 17.8 Å². The maximum Gasteiger partial charge on any atom is 0.411 e. The Balaban J connectivity index is 1.68. The normalized spacial score (nSPS) is 37.4. The molecular weight excluding hydrogens is 349 g/mol. The van der Waals surface area contributed by atoms with Gasteiger partial charge in [-0.1, -0.05) is 31.4 Å². The SMILES string of the molecule is O=C1C[C@H]2[C@H](/C=C/[C@H](O)C3CCCCC3)[C@@H](O)CC[C@@]12OCC(F)(F)F. The summed E-state index contributed by atoms with van der Waals surface area (Å²) in [4.78, 5) is 12.1. The Morgan fingerprint density at radius 2 is 1.92 bits per heavy atom. The van der Waals surface area contributed by atoms with Gasteiger partial charge in [0.2, 0.25) is 0 Å². The molecule has 5 atom stereocenters. The van der Waals surface area contributed by atoms with E-state index in [1.807, 2.05) is 0 Å². The van der Waals surface area contributed by atoms with Gasteiger partial charge >= 0.3 is 6.18 Å². The molecule has 0 aromatic rings. The molecule has 7 heteroatoms. The van der Waals surface area contributed by atoms with Crippen molar-refractivity contribution in [3.05, 3.63) is 12.2 Å². The van der Waals surface area contributed by atoms with Gasteiger partial charge < -0.3 is 14.9 Å². The summed E-state index contributed by atoms with van der Waals surface area (Å²) in [6.07, 6.45) is 3.24. The summed E-state index contributed by atoms with van der Waals surface area (Å²) in [5.74, 6) is -1.05. The van der Waals surface area contributed by atoms with Gasteiger partial charge in [0.1, 0.15) is 12.2 Å². The highest BCUT2D eigenvalue weighted by Crippen LogP contribution is 2.52. The van der Waals surface area contributed by atoms with Crippen molar-refractivity contribution in [3.63, 3.8) is 0 Å². The minimum absolute atomic E-state index is 0.114. The summed E-state index contributed by atoms with van der Waals surface area (Å²) in [6, 6.07) is 0. The van der Waals surface area contributed by atoms with Crippen molar-refractivity contribution in [1.29, 1.82) is 0 Å². The van der Waals surface area contributed by atoms with Crippen molar-refractivity contribution in [3.8, 4) is 0 Å². The number of halogens is 3. The molecular formula is C19H27F3O4. The van der Waals surface area contributed by atoms with Crippen LogP contribution < -0.4 is 0 Å².